The summed E-state index contributed by atoms with van der Waals surface area (Å²) in [5.74, 6) is 1.49. The summed E-state index contributed by atoms with van der Waals surface area (Å²) < 4.78 is 10.6. The van der Waals surface area contributed by atoms with Gasteiger partial charge in [-0.1, -0.05) is 11.6 Å². The first-order valence-corrected chi connectivity index (χ1v) is 5.47. The van der Waals surface area contributed by atoms with Gasteiger partial charge in [0.25, 0.3) is 0 Å². The molecule has 1 aromatic carbocycles. The zero-order chi connectivity index (χ0) is 13.1. The summed E-state index contributed by atoms with van der Waals surface area (Å²) in [7, 11) is 3.16. The number of rotatable bonds is 3. The molecule has 0 amide bonds. The minimum atomic E-state index is 0.311. The van der Waals surface area contributed by atoms with Gasteiger partial charge in [0.15, 0.2) is 11.6 Å². The number of anilines is 1. The Kier molecular flexibility index (Phi) is 3.32. The van der Waals surface area contributed by atoms with E-state index in [-0.39, 0.29) is 0 Å². The van der Waals surface area contributed by atoms with Gasteiger partial charge in [0, 0.05) is 5.56 Å². The van der Waals surface area contributed by atoms with Gasteiger partial charge < -0.3 is 15.2 Å². The second kappa shape index (κ2) is 4.91. The van der Waals surface area contributed by atoms with E-state index < -0.39 is 0 Å². The van der Waals surface area contributed by atoms with Crippen molar-refractivity contribution in [2.24, 2.45) is 0 Å². The molecule has 0 bridgehead atoms. The number of nitrogens with two attached hydrogens (primary N) is 1. The largest absolute Gasteiger partial charge is 0.496 e. The molecule has 5 nitrogen and oxygen atoms in total. The van der Waals surface area contributed by atoms with Crippen molar-refractivity contribution in [1.82, 2.24) is 9.97 Å². The van der Waals surface area contributed by atoms with E-state index in [1.54, 1.807) is 14.2 Å². The quantitative estimate of drug-likeness (QED) is 0.896. The van der Waals surface area contributed by atoms with Gasteiger partial charge in [0.2, 0.25) is 0 Å². The van der Waals surface area contributed by atoms with Crippen LogP contribution in [0.2, 0.25) is 0 Å². The summed E-state index contributed by atoms with van der Waals surface area (Å²) >= 11 is 0. The highest BCUT2D eigenvalue weighted by Gasteiger charge is 2.15. The molecular formula is C13H15N3O2. The lowest BCUT2D eigenvalue weighted by atomic mass is 10.1. The van der Waals surface area contributed by atoms with Gasteiger partial charge in [-0.05, 0) is 19.1 Å². The Balaban J connectivity index is 2.68. The first kappa shape index (κ1) is 12.2. The third-order valence-corrected chi connectivity index (χ3v) is 2.65. The van der Waals surface area contributed by atoms with Crippen molar-refractivity contribution in [2.45, 2.75) is 6.92 Å². The Hall–Kier alpha value is -2.30. The van der Waals surface area contributed by atoms with Crippen molar-refractivity contribution in [3.63, 3.8) is 0 Å². The lowest BCUT2D eigenvalue weighted by molar-refractivity contribution is 0.409. The maximum absolute atomic E-state index is 5.78. The lowest BCUT2D eigenvalue weighted by Gasteiger charge is -2.12. The summed E-state index contributed by atoms with van der Waals surface area (Å²) in [6.07, 6.45) is 1.41. The molecule has 94 valence electrons. The Bertz CT molecular complexity index is 570. The average Bonchev–Trinajstić information content (AvgIpc) is 2.38. The van der Waals surface area contributed by atoms with Crippen LogP contribution in [0, 0.1) is 6.92 Å². The highest BCUT2D eigenvalue weighted by molar-refractivity contribution is 5.76. The number of nitrogens with zero attached hydrogens (tertiary/aromatic N) is 2. The summed E-state index contributed by atoms with van der Waals surface area (Å²) in [5, 5.41) is 0. The predicted octanol–water partition coefficient (Wildman–Crippen LogP) is 2.05. The van der Waals surface area contributed by atoms with Gasteiger partial charge in [0.1, 0.15) is 17.8 Å². The number of hydrogen-bond acceptors (Lipinski definition) is 5. The van der Waals surface area contributed by atoms with Crippen LogP contribution < -0.4 is 15.2 Å². The van der Waals surface area contributed by atoms with E-state index in [1.807, 2.05) is 25.1 Å². The predicted molar refractivity (Wildman–Crippen MR) is 69.7 cm³/mol. The molecule has 0 aliphatic rings. The smallest absolute Gasteiger partial charge is 0.187 e. The molecule has 2 aromatic rings. The number of aryl methyl sites for hydroxylation is 1. The summed E-state index contributed by atoms with van der Waals surface area (Å²) in [4.78, 5) is 8.15. The molecule has 0 saturated carbocycles. The maximum Gasteiger partial charge on any atom is 0.187 e. The van der Waals surface area contributed by atoms with Crippen LogP contribution in [-0.4, -0.2) is 24.2 Å². The molecule has 0 spiro atoms. The SMILES string of the molecule is COc1ccc(C)cc1-c1ncnc(N)c1OC. The standard InChI is InChI=1S/C13H15N3O2/c1-8-4-5-10(17-2)9(6-8)11-12(18-3)13(14)16-7-15-11/h4-7H,1-3H3,(H2,14,15,16). The van der Waals surface area contributed by atoms with Gasteiger partial charge in [-0.3, -0.25) is 0 Å². The van der Waals surface area contributed by atoms with E-state index >= 15 is 0 Å². The summed E-state index contributed by atoms with van der Waals surface area (Å²) in [6, 6.07) is 5.84. The second-order valence-corrected chi connectivity index (χ2v) is 3.84. The Morgan fingerprint density at radius 3 is 2.56 bits per heavy atom. The summed E-state index contributed by atoms with van der Waals surface area (Å²) in [6.45, 7) is 2.00. The molecule has 0 radical (unpaired) electrons. The fourth-order valence-electron chi connectivity index (χ4n) is 1.79. The van der Waals surface area contributed by atoms with Crippen LogP contribution in [0.5, 0.6) is 11.5 Å². The molecule has 1 heterocycles. The minimum absolute atomic E-state index is 0.311. The highest BCUT2D eigenvalue weighted by atomic mass is 16.5. The van der Waals surface area contributed by atoms with Crippen molar-refractivity contribution in [1.29, 1.82) is 0 Å². The molecule has 5 heteroatoms. The zero-order valence-electron chi connectivity index (χ0n) is 10.6. The normalized spacial score (nSPS) is 10.2. The second-order valence-electron chi connectivity index (χ2n) is 3.84. The summed E-state index contributed by atoms with van der Waals surface area (Å²) in [5.41, 5.74) is 8.35. The molecule has 2 rings (SSSR count). The maximum atomic E-state index is 5.78. The van der Waals surface area contributed by atoms with Crippen molar-refractivity contribution in [3.8, 4) is 22.8 Å². The number of methoxy groups -OCH3 is 2. The number of hydrogen-bond donors (Lipinski definition) is 1. The van der Waals surface area contributed by atoms with Crippen LogP contribution in [-0.2, 0) is 0 Å². The van der Waals surface area contributed by atoms with Crippen LogP contribution in [0.3, 0.4) is 0 Å². The van der Waals surface area contributed by atoms with Crippen LogP contribution in [0.4, 0.5) is 5.82 Å². The molecule has 0 aliphatic carbocycles. The van der Waals surface area contributed by atoms with E-state index in [9.17, 15) is 0 Å². The van der Waals surface area contributed by atoms with E-state index in [4.69, 9.17) is 15.2 Å². The number of aromatic nitrogens is 2. The molecule has 0 aliphatic heterocycles. The van der Waals surface area contributed by atoms with Gasteiger partial charge in [0.05, 0.1) is 14.2 Å². The van der Waals surface area contributed by atoms with Crippen molar-refractivity contribution >= 4 is 5.82 Å². The minimum Gasteiger partial charge on any atom is -0.496 e. The van der Waals surface area contributed by atoms with Crippen LogP contribution in [0.1, 0.15) is 5.56 Å². The molecule has 0 atom stereocenters. The number of benzene rings is 1. The third-order valence-electron chi connectivity index (χ3n) is 2.65. The molecule has 2 N–H and O–H groups in total. The molecular weight excluding hydrogens is 230 g/mol. The van der Waals surface area contributed by atoms with Crippen molar-refractivity contribution < 1.29 is 9.47 Å². The van der Waals surface area contributed by atoms with Crippen LogP contribution >= 0.6 is 0 Å². The Morgan fingerprint density at radius 1 is 1.11 bits per heavy atom. The van der Waals surface area contributed by atoms with E-state index in [1.165, 1.54) is 6.33 Å². The molecule has 1 aromatic heterocycles. The average molecular weight is 245 g/mol. The topological polar surface area (TPSA) is 70.3 Å². The number of ether oxygens (including phenoxy) is 2. The van der Waals surface area contributed by atoms with E-state index in [2.05, 4.69) is 9.97 Å². The number of nitrogen functional groups attached to an aromatic ring is 1. The first-order valence-electron chi connectivity index (χ1n) is 5.47. The van der Waals surface area contributed by atoms with Gasteiger partial charge in [-0.25, -0.2) is 9.97 Å². The fraction of sp³-hybridized carbons (Fsp3) is 0.231. The van der Waals surface area contributed by atoms with Crippen molar-refractivity contribution in [2.75, 3.05) is 20.0 Å². The first-order chi connectivity index (χ1) is 8.67. The van der Waals surface area contributed by atoms with Crippen molar-refractivity contribution in [3.05, 3.63) is 30.1 Å². The van der Waals surface area contributed by atoms with E-state index in [0.717, 1.165) is 16.9 Å². The Morgan fingerprint density at radius 2 is 1.89 bits per heavy atom. The van der Waals surface area contributed by atoms with Gasteiger partial charge in [-0.2, -0.15) is 0 Å². The highest BCUT2D eigenvalue weighted by Crippen LogP contribution is 2.37. The van der Waals surface area contributed by atoms with Crippen LogP contribution in [0.15, 0.2) is 24.5 Å². The monoisotopic (exact) mass is 245 g/mol. The Labute approximate surface area is 106 Å². The lowest BCUT2D eigenvalue weighted by Crippen LogP contribution is -2.01. The molecule has 0 fully saturated rings. The van der Waals surface area contributed by atoms with Crippen LogP contribution in [0.25, 0.3) is 11.3 Å². The third kappa shape index (κ3) is 2.07. The molecule has 0 unspecified atom stereocenters. The fourth-order valence-corrected chi connectivity index (χ4v) is 1.79. The molecule has 0 saturated heterocycles. The molecule has 18 heavy (non-hydrogen) atoms. The zero-order valence-corrected chi connectivity index (χ0v) is 10.6. The van der Waals surface area contributed by atoms with Gasteiger partial charge >= 0.3 is 0 Å². The van der Waals surface area contributed by atoms with E-state index in [0.29, 0.717) is 17.3 Å². The van der Waals surface area contributed by atoms with Gasteiger partial charge in [-0.15, -0.1) is 0 Å².